The topological polar surface area (TPSA) is 80.9 Å². The van der Waals surface area contributed by atoms with Crippen LogP contribution in [0.3, 0.4) is 0 Å². The second kappa shape index (κ2) is 7.47. The zero-order chi connectivity index (χ0) is 12.6. The summed E-state index contributed by atoms with van der Waals surface area (Å²) < 4.78 is 10.6. The van der Waals surface area contributed by atoms with Crippen LogP contribution in [0.2, 0.25) is 0 Å². The molecular formula is C11H24N4O2. The molecular weight excluding hydrogens is 220 g/mol. The van der Waals surface area contributed by atoms with Crippen LogP contribution in [0.5, 0.6) is 0 Å². The second-order valence-corrected chi connectivity index (χ2v) is 4.41. The number of ether oxygens (including phenoxy) is 2. The summed E-state index contributed by atoms with van der Waals surface area (Å²) in [5.41, 5.74) is 2.52. The van der Waals surface area contributed by atoms with Gasteiger partial charge in [-0.1, -0.05) is 0 Å². The van der Waals surface area contributed by atoms with Gasteiger partial charge in [-0.25, -0.2) is 5.84 Å². The van der Waals surface area contributed by atoms with Crippen molar-refractivity contribution in [1.82, 2.24) is 10.7 Å². The number of guanidine groups is 1. The fourth-order valence-corrected chi connectivity index (χ4v) is 1.67. The Bertz CT molecular complexity index is 240. The third kappa shape index (κ3) is 5.34. The minimum atomic E-state index is -0.0644. The number of nitrogens with one attached hydrogen (secondary N) is 2. The highest BCUT2D eigenvalue weighted by molar-refractivity contribution is 5.80. The Morgan fingerprint density at radius 3 is 3.00 bits per heavy atom. The van der Waals surface area contributed by atoms with Gasteiger partial charge in [0.25, 0.3) is 0 Å². The monoisotopic (exact) mass is 244 g/mol. The molecule has 1 unspecified atom stereocenters. The van der Waals surface area contributed by atoms with E-state index in [0.29, 0.717) is 19.1 Å². The minimum Gasteiger partial charge on any atom is -0.382 e. The van der Waals surface area contributed by atoms with Crippen molar-refractivity contribution < 1.29 is 9.47 Å². The molecule has 1 aliphatic heterocycles. The minimum absolute atomic E-state index is 0.0644. The molecule has 0 aromatic heterocycles. The van der Waals surface area contributed by atoms with Crippen molar-refractivity contribution in [3.63, 3.8) is 0 Å². The highest BCUT2D eigenvalue weighted by Gasteiger charge is 2.30. The largest absolute Gasteiger partial charge is 0.382 e. The molecule has 0 bridgehead atoms. The van der Waals surface area contributed by atoms with Crippen molar-refractivity contribution in [3.05, 3.63) is 0 Å². The summed E-state index contributed by atoms with van der Waals surface area (Å²) in [4.78, 5) is 4.36. The van der Waals surface area contributed by atoms with E-state index in [2.05, 4.69) is 22.7 Å². The maximum Gasteiger partial charge on any atom is 0.206 e. The third-order valence-electron chi connectivity index (χ3n) is 2.70. The number of hydrogen-bond acceptors (Lipinski definition) is 4. The molecule has 1 fully saturated rings. The Balaban J connectivity index is 2.28. The predicted molar refractivity (Wildman–Crippen MR) is 67.7 cm³/mol. The fourth-order valence-electron chi connectivity index (χ4n) is 1.67. The highest BCUT2D eigenvalue weighted by Crippen LogP contribution is 2.16. The van der Waals surface area contributed by atoms with Gasteiger partial charge in [0.15, 0.2) is 0 Å². The zero-order valence-electron chi connectivity index (χ0n) is 10.8. The SMILES string of the molecule is CCOCCCN=C(NN)NC1(C)CCOC1. The first kappa shape index (κ1) is 14.2. The fraction of sp³-hybridized carbons (Fsp3) is 0.909. The van der Waals surface area contributed by atoms with Gasteiger partial charge in [0, 0.05) is 26.4 Å². The Kier molecular flexibility index (Phi) is 6.25. The van der Waals surface area contributed by atoms with E-state index in [-0.39, 0.29) is 5.54 Å². The summed E-state index contributed by atoms with van der Waals surface area (Å²) in [6.07, 6.45) is 1.86. The van der Waals surface area contributed by atoms with Gasteiger partial charge in [0.1, 0.15) is 0 Å². The molecule has 1 aliphatic rings. The Labute approximate surface area is 103 Å². The number of hydrogen-bond donors (Lipinski definition) is 3. The maximum absolute atomic E-state index is 5.44. The first-order valence-electron chi connectivity index (χ1n) is 6.15. The highest BCUT2D eigenvalue weighted by atomic mass is 16.5. The lowest BCUT2D eigenvalue weighted by molar-refractivity contribution is 0.146. The van der Waals surface area contributed by atoms with Crippen molar-refractivity contribution >= 4 is 5.96 Å². The molecule has 1 atom stereocenters. The smallest absolute Gasteiger partial charge is 0.206 e. The molecule has 0 saturated carbocycles. The molecule has 4 N–H and O–H groups in total. The molecule has 0 aliphatic carbocycles. The Hall–Kier alpha value is -0.850. The molecule has 17 heavy (non-hydrogen) atoms. The summed E-state index contributed by atoms with van der Waals surface area (Å²) in [5, 5.41) is 3.28. The molecule has 100 valence electrons. The number of nitrogens with two attached hydrogens (primary N) is 1. The van der Waals surface area contributed by atoms with Crippen LogP contribution in [-0.2, 0) is 9.47 Å². The van der Waals surface area contributed by atoms with Crippen LogP contribution in [0.15, 0.2) is 4.99 Å². The summed E-state index contributed by atoms with van der Waals surface area (Å²) in [5.74, 6) is 6.06. The lowest BCUT2D eigenvalue weighted by Gasteiger charge is -2.25. The predicted octanol–water partition coefficient (Wildman–Crippen LogP) is 0.000900. The van der Waals surface area contributed by atoms with Crippen molar-refractivity contribution in [2.75, 3.05) is 33.0 Å². The molecule has 0 spiro atoms. The number of nitrogens with zero attached hydrogens (tertiary/aromatic N) is 1. The van der Waals surface area contributed by atoms with E-state index >= 15 is 0 Å². The molecule has 1 rings (SSSR count). The van der Waals surface area contributed by atoms with Crippen LogP contribution in [0, 0.1) is 0 Å². The van der Waals surface area contributed by atoms with Crippen LogP contribution in [0.1, 0.15) is 26.7 Å². The normalized spacial score (nSPS) is 25.0. The van der Waals surface area contributed by atoms with Crippen LogP contribution in [0.4, 0.5) is 0 Å². The van der Waals surface area contributed by atoms with E-state index in [1.165, 1.54) is 0 Å². The number of hydrazine groups is 1. The van der Waals surface area contributed by atoms with Gasteiger partial charge in [0.2, 0.25) is 5.96 Å². The Morgan fingerprint density at radius 2 is 2.41 bits per heavy atom. The second-order valence-electron chi connectivity index (χ2n) is 4.41. The number of aliphatic imine (C=N–C) groups is 1. The van der Waals surface area contributed by atoms with E-state index in [9.17, 15) is 0 Å². The molecule has 6 nitrogen and oxygen atoms in total. The van der Waals surface area contributed by atoms with Crippen LogP contribution < -0.4 is 16.6 Å². The summed E-state index contributed by atoms with van der Waals surface area (Å²) >= 11 is 0. The van der Waals surface area contributed by atoms with Gasteiger partial charge in [-0.05, 0) is 26.7 Å². The quantitative estimate of drug-likeness (QED) is 0.201. The molecule has 1 saturated heterocycles. The van der Waals surface area contributed by atoms with Crippen molar-refractivity contribution in [2.45, 2.75) is 32.2 Å². The lowest BCUT2D eigenvalue weighted by Crippen LogP contribution is -2.53. The average Bonchev–Trinajstić information content (AvgIpc) is 2.74. The summed E-state index contributed by atoms with van der Waals surface area (Å²) in [7, 11) is 0. The van der Waals surface area contributed by atoms with Gasteiger partial charge in [-0.15, -0.1) is 0 Å². The molecule has 1 heterocycles. The van der Waals surface area contributed by atoms with Crippen molar-refractivity contribution in [1.29, 1.82) is 0 Å². The van der Waals surface area contributed by atoms with E-state index < -0.39 is 0 Å². The van der Waals surface area contributed by atoms with Gasteiger partial charge < -0.3 is 14.8 Å². The van der Waals surface area contributed by atoms with E-state index in [0.717, 1.165) is 32.7 Å². The lowest BCUT2D eigenvalue weighted by atomic mass is 10.0. The molecule has 6 heteroatoms. The summed E-state index contributed by atoms with van der Waals surface area (Å²) in [6.45, 7) is 7.74. The zero-order valence-corrected chi connectivity index (χ0v) is 10.8. The third-order valence-corrected chi connectivity index (χ3v) is 2.70. The van der Waals surface area contributed by atoms with Crippen LogP contribution in [0.25, 0.3) is 0 Å². The van der Waals surface area contributed by atoms with Gasteiger partial charge in [-0.2, -0.15) is 0 Å². The summed E-state index contributed by atoms with van der Waals surface area (Å²) in [6, 6.07) is 0. The van der Waals surface area contributed by atoms with Crippen molar-refractivity contribution in [3.8, 4) is 0 Å². The van der Waals surface area contributed by atoms with E-state index in [1.807, 2.05) is 6.92 Å². The molecule has 0 amide bonds. The van der Waals surface area contributed by atoms with Crippen LogP contribution >= 0.6 is 0 Å². The molecule has 0 aromatic rings. The van der Waals surface area contributed by atoms with E-state index in [4.69, 9.17) is 15.3 Å². The maximum atomic E-state index is 5.44. The number of rotatable bonds is 6. The van der Waals surface area contributed by atoms with Gasteiger partial charge >= 0.3 is 0 Å². The van der Waals surface area contributed by atoms with E-state index in [1.54, 1.807) is 0 Å². The van der Waals surface area contributed by atoms with Crippen LogP contribution in [-0.4, -0.2) is 44.5 Å². The standard InChI is InChI=1S/C11H24N4O2/c1-3-16-7-4-6-13-10(15-12)14-11(2)5-8-17-9-11/h3-9,12H2,1-2H3,(H2,13,14,15). The molecule has 0 aromatic carbocycles. The average molecular weight is 244 g/mol. The van der Waals surface area contributed by atoms with Crippen molar-refractivity contribution in [2.24, 2.45) is 10.8 Å². The first-order valence-corrected chi connectivity index (χ1v) is 6.15. The first-order chi connectivity index (χ1) is 8.20. The Morgan fingerprint density at radius 1 is 1.59 bits per heavy atom. The van der Waals surface area contributed by atoms with Gasteiger partial charge in [0.05, 0.1) is 12.1 Å². The molecule has 0 radical (unpaired) electrons. The van der Waals surface area contributed by atoms with Gasteiger partial charge in [-0.3, -0.25) is 10.4 Å².